The van der Waals surface area contributed by atoms with E-state index < -0.39 is 0 Å². The molecule has 1 aliphatic rings. The van der Waals surface area contributed by atoms with Gasteiger partial charge in [0.05, 0.1) is 5.56 Å². The number of benzene rings is 1. The fourth-order valence-electron chi connectivity index (χ4n) is 3.57. The Bertz CT molecular complexity index is 699. The molecule has 0 spiro atoms. The lowest BCUT2D eigenvalue weighted by molar-refractivity contribution is 0.0827. The number of rotatable bonds is 5. The summed E-state index contributed by atoms with van der Waals surface area (Å²) in [6.45, 7) is 1.96. The molecule has 0 aliphatic carbocycles. The van der Waals surface area contributed by atoms with Gasteiger partial charge in [-0.05, 0) is 49.3 Å². The van der Waals surface area contributed by atoms with Crippen LogP contribution in [0, 0.1) is 5.92 Å². The molecule has 1 aromatic carbocycles. The van der Waals surface area contributed by atoms with Crippen LogP contribution in [-0.4, -0.2) is 43.0 Å². The summed E-state index contributed by atoms with van der Waals surface area (Å²) in [6.07, 6.45) is 6.50. The van der Waals surface area contributed by atoms with Crippen LogP contribution in [0.2, 0.25) is 0 Å². The van der Waals surface area contributed by atoms with Gasteiger partial charge < -0.3 is 9.80 Å². The molecular weight excluding hydrogens is 310 g/mol. The molecule has 4 nitrogen and oxygen atoms in total. The number of carbonyl (C=O) groups is 1. The summed E-state index contributed by atoms with van der Waals surface area (Å²) in [4.78, 5) is 20.9. The van der Waals surface area contributed by atoms with E-state index in [9.17, 15) is 4.79 Å². The lowest BCUT2D eigenvalue weighted by Crippen LogP contribution is -2.37. The van der Waals surface area contributed by atoms with Gasteiger partial charge >= 0.3 is 0 Å². The van der Waals surface area contributed by atoms with E-state index in [0.717, 1.165) is 31.7 Å². The number of aromatic nitrogens is 1. The van der Waals surface area contributed by atoms with Crippen molar-refractivity contribution in [2.45, 2.75) is 25.7 Å². The molecule has 4 heteroatoms. The summed E-state index contributed by atoms with van der Waals surface area (Å²) in [5, 5.41) is 0. The molecule has 1 unspecified atom stereocenters. The molecule has 1 atom stereocenters. The summed E-state index contributed by atoms with van der Waals surface area (Å²) in [6, 6.07) is 14.4. The highest BCUT2D eigenvalue weighted by atomic mass is 16.2. The summed E-state index contributed by atoms with van der Waals surface area (Å²) in [7, 11) is 3.58. The minimum absolute atomic E-state index is 0.0227. The van der Waals surface area contributed by atoms with Gasteiger partial charge in [-0.1, -0.05) is 30.3 Å². The number of carbonyl (C=O) groups excluding carboxylic acids is 1. The molecule has 1 saturated heterocycles. The molecular formula is C21H27N3O. The average molecular weight is 337 g/mol. The van der Waals surface area contributed by atoms with E-state index in [1.54, 1.807) is 25.2 Å². The lowest BCUT2D eigenvalue weighted by atomic mass is 9.91. The van der Waals surface area contributed by atoms with E-state index in [1.165, 1.54) is 18.4 Å². The van der Waals surface area contributed by atoms with Crippen molar-refractivity contribution in [1.29, 1.82) is 0 Å². The second-order valence-corrected chi connectivity index (χ2v) is 7.05. The normalized spacial score (nSPS) is 17.4. The van der Waals surface area contributed by atoms with Crippen LogP contribution in [0.15, 0.2) is 48.7 Å². The summed E-state index contributed by atoms with van der Waals surface area (Å²) < 4.78 is 0. The van der Waals surface area contributed by atoms with Gasteiger partial charge in [-0.3, -0.25) is 4.79 Å². The number of hydrogen-bond donors (Lipinski definition) is 0. The van der Waals surface area contributed by atoms with Gasteiger partial charge in [0.15, 0.2) is 0 Å². The summed E-state index contributed by atoms with van der Waals surface area (Å²) in [5.41, 5.74) is 2.11. The fraction of sp³-hybridized carbons (Fsp3) is 0.429. The minimum Gasteiger partial charge on any atom is -0.356 e. The maximum absolute atomic E-state index is 12.5. The highest BCUT2D eigenvalue weighted by Gasteiger charge is 2.24. The number of nitrogens with zero attached hydrogens (tertiary/aromatic N) is 3. The van der Waals surface area contributed by atoms with Crippen LogP contribution in [0.4, 0.5) is 5.82 Å². The Balaban J connectivity index is 1.68. The predicted molar refractivity (Wildman–Crippen MR) is 102 cm³/mol. The SMILES string of the molecule is CN(C)C(=O)c1cccnc1N1CCCC(CCc2ccccc2)C1. The van der Waals surface area contributed by atoms with Crippen LogP contribution in [-0.2, 0) is 6.42 Å². The number of aryl methyl sites for hydroxylation is 1. The highest BCUT2D eigenvalue weighted by Crippen LogP contribution is 2.27. The third-order valence-corrected chi connectivity index (χ3v) is 4.93. The topological polar surface area (TPSA) is 36.4 Å². The van der Waals surface area contributed by atoms with Crippen molar-refractivity contribution in [2.75, 3.05) is 32.1 Å². The third-order valence-electron chi connectivity index (χ3n) is 4.93. The Labute approximate surface area is 150 Å². The Kier molecular flexibility index (Phi) is 5.69. The van der Waals surface area contributed by atoms with Crippen molar-refractivity contribution in [3.05, 3.63) is 59.8 Å². The Morgan fingerprint density at radius 3 is 2.76 bits per heavy atom. The van der Waals surface area contributed by atoms with Crippen LogP contribution in [0.25, 0.3) is 0 Å². The quantitative estimate of drug-likeness (QED) is 0.836. The van der Waals surface area contributed by atoms with Gasteiger partial charge in [0.1, 0.15) is 5.82 Å². The second kappa shape index (κ2) is 8.15. The van der Waals surface area contributed by atoms with Crippen molar-refractivity contribution in [3.63, 3.8) is 0 Å². The van der Waals surface area contributed by atoms with E-state index in [-0.39, 0.29) is 5.91 Å². The first kappa shape index (κ1) is 17.5. The monoisotopic (exact) mass is 337 g/mol. The van der Waals surface area contributed by atoms with E-state index in [0.29, 0.717) is 11.5 Å². The van der Waals surface area contributed by atoms with Gasteiger partial charge in [-0.25, -0.2) is 4.98 Å². The first-order chi connectivity index (χ1) is 12.1. The number of anilines is 1. The Hall–Kier alpha value is -2.36. The van der Waals surface area contributed by atoms with Gasteiger partial charge in [-0.15, -0.1) is 0 Å². The number of amides is 1. The fourth-order valence-corrected chi connectivity index (χ4v) is 3.57. The molecule has 1 fully saturated rings. The zero-order valence-electron chi connectivity index (χ0n) is 15.2. The van der Waals surface area contributed by atoms with Crippen molar-refractivity contribution in [2.24, 2.45) is 5.92 Å². The molecule has 2 heterocycles. The molecule has 0 N–H and O–H groups in total. The summed E-state index contributed by atoms with van der Waals surface area (Å²) in [5.74, 6) is 1.51. The number of pyridine rings is 1. The first-order valence-corrected chi connectivity index (χ1v) is 9.10. The van der Waals surface area contributed by atoms with Gasteiger partial charge in [0.2, 0.25) is 0 Å². The zero-order valence-corrected chi connectivity index (χ0v) is 15.2. The molecule has 1 aliphatic heterocycles. The van der Waals surface area contributed by atoms with Crippen molar-refractivity contribution in [3.8, 4) is 0 Å². The molecule has 0 saturated carbocycles. The smallest absolute Gasteiger partial charge is 0.257 e. The first-order valence-electron chi connectivity index (χ1n) is 9.10. The van der Waals surface area contributed by atoms with Gasteiger partial charge in [0, 0.05) is 33.4 Å². The van der Waals surface area contributed by atoms with Crippen LogP contribution in [0.3, 0.4) is 0 Å². The number of piperidine rings is 1. The molecule has 1 aromatic heterocycles. The van der Waals surface area contributed by atoms with Gasteiger partial charge in [0.25, 0.3) is 5.91 Å². The highest BCUT2D eigenvalue weighted by molar-refractivity contribution is 5.98. The van der Waals surface area contributed by atoms with E-state index in [1.807, 2.05) is 12.1 Å². The van der Waals surface area contributed by atoms with E-state index >= 15 is 0 Å². The maximum atomic E-state index is 12.5. The Morgan fingerprint density at radius 2 is 2.00 bits per heavy atom. The van der Waals surface area contributed by atoms with Gasteiger partial charge in [-0.2, -0.15) is 0 Å². The molecule has 0 radical (unpaired) electrons. The molecule has 25 heavy (non-hydrogen) atoms. The van der Waals surface area contributed by atoms with Crippen LogP contribution in [0.5, 0.6) is 0 Å². The van der Waals surface area contributed by atoms with Crippen molar-refractivity contribution in [1.82, 2.24) is 9.88 Å². The largest absolute Gasteiger partial charge is 0.356 e. The maximum Gasteiger partial charge on any atom is 0.257 e. The van der Waals surface area contributed by atoms with E-state index in [2.05, 4.69) is 40.2 Å². The Morgan fingerprint density at radius 1 is 1.20 bits per heavy atom. The van der Waals surface area contributed by atoms with Crippen molar-refractivity contribution < 1.29 is 4.79 Å². The van der Waals surface area contributed by atoms with Crippen LogP contribution in [0.1, 0.15) is 35.2 Å². The van der Waals surface area contributed by atoms with E-state index in [4.69, 9.17) is 0 Å². The molecule has 3 rings (SSSR count). The standard InChI is InChI=1S/C21H27N3O/c1-23(2)21(25)19-11-6-14-22-20(19)24-15-7-10-18(16-24)13-12-17-8-4-3-5-9-17/h3-6,8-9,11,14,18H,7,10,12-13,15-16H2,1-2H3. The van der Waals surface area contributed by atoms with Crippen molar-refractivity contribution >= 4 is 11.7 Å². The van der Waals surface area contributed by atoms with Crippen LogP contribution >= 0.6 is 0 Å². The number of hydrogen-bond acceptors (Lipinski definition) is 3. The molecule has 0 bridgehead atoms. The molecule has 2 aromatic rings. The minimum atomic E-state index is 0.0227. The summed E-state index contributed by atoms with van der Waals surface area (Å²) >= 11 is 0. The molecule has 1 amide bonds. The predicted octanol–water partition coefficient (Wildman–Crippen LogP) is 3.63. The zero-order chi connectivity index (χ0) is 17.6. The van der Waals surface area contributed by atoms with Crippen LogP contribution < -0.4 is 4.90 Å². The lowest BCUT2D eigenvalue weighted by Gasteiger charge is -2.34. The average Bonchev–Trinajstić information content (AvgIpc) is 2.67. The second-order valence-electron chi connectivity index (χ2n) is 7.05. The third kappa shape index (κ3) is 4.38. The molecule has 132 valence electrons.